The summed E-state index contributed by atoms with van der Waals surface area (Å²) in [6, 6.07) is 3.82. The Hall–Kier alpha value is -2.59. The van der Waals surface area contributed by atoms with Crippen LogP contribution in [0.25, 0.3) is 0 Å². The lowest BCUT2D eigenvalue weighted by Crippen LogP contribution is -2.48. The molecule has 0 aromatic carbocycles. The number of hydrogen-bond donors (Lipinski definition) is 0. The Kier molecular flexibility index (Phi) is 5.22. The Labute approximate surface area is 170 Å². The molecule has 2 aliphatic heterocycles. The van der Waals surface area contributed by atoms with Gasteiger partial charge in [0.15, 0.2) is 0 Å². The summed E-state index contributed by atoms with van der Waals surface area (Å²) in [5.41, 5.74) is 3.55. The molecule has 0 unspecified atom stereocenters. The molecule has 10 heteroatoms. The normalized spacial score (nSPS) is 17.4. The van der Waals surface area contributed by atoms with Gasteiger partial charge in [-0.2, -0.15) is 4.31 Å². The Morgan fingerprint density at radius 2 is 1.83 bits per heavy atom. The van der Waals surface area contributed by atoms with Crippen LogP contribution in [0.15, 0.2) is 29.6 Å². The molecule has 1 fully saturated rings. The van der Waals surface area contributed by atoms with E-state index in [1.807, 2.05) is 26.0 Å². The van der Waals surface area contributed by atoms with Crippen molar-refractivity contribution in [2.75, 3.05) is 37.3 Å². The van der Waals surface area contributed by atoms with Crippen LogP contribution >= 0.6 is 0 Å². The van der Waals surface area contributed by atoms with Gasteiger partial charge in [0.05, 0.1) is 30.3 Å². The maximum Gasteiger partial charge on any atom is 0.214 e. The molecule has 4 heterocycles. The number of nitrogens with zero attached hydrogens (tertiary/aromatic N) is 6. The van der Waals surface area contributed by atoms with Crippen LogP contribution in [0.2, 0.25) is 0 Å². The molecule has 0 radical (unpaired) electrons. The highest BCUT2D eigenvalue weighted by atomic mass is 32.2. The van der Waals surface area contributed by atoms with Crippen LogP contribution in [0.5, 0.6) is 5.88 Å². The van der Waals surface area contributed by atoms with Crippen molar-refractivity contribution in [3.63, 3.8) is 0 Å². The number of rotatable bonds is 5. The van der Waals surface area contributed by atoms with Gasteiger partial charge < -0.3 is 9.64 Å². The lowest BCUT2D eigenvalue weighted by Gasteiger charge is -2.33. The van der Waals surface area contributed by atoms with Crippen LogP contribution in [-0.2, 0) is 16.6 Å². The van der Waals surface area contributed by atoms with E-state index in [-0.39, 0.29) is 6.10 Å². The largest absolute Gasteiger partial charge is 0.475 e. The number of sulfonamides is 1. The Balaban J connectivity index is 1.55. The molecular formula is C19H24N6O3S. The van der Waals surface area contributed by atoms with Gasteiger partial charge in [0, 0.05) is 55.6 Å². The molecule has 9 nitrogen and oxygen atoms in total. The van der Waals surface area contributed by atoms with Gasteiger partial charge in [0.1, 0.15) is 12.1 Å². The fraction of sp³-hybridized carbons (Fsp3) is 0.474. The quantitative estimate of drug-likeness (QED) is 0.719. The van der Waals surface area contributed by atoms with E-state index in [4.69, 9.17) is 4.74 Å². The van der Waals surface area contributed by atoms with Crippen LogP contribution in [-0.4, -0.2) is 71.9 Å². The minimum Gasteiger partial charge on any atom is -0.475 e. The second-order valence-corrected chi connectivity index (χ2v) is 9.40. The molecule has 2 aliphatic rings. The Morgan fingerprint density at radius 3 is 2.52 bits per heavy atom. The third kappa shape index (κ3) is 4.23. The fourth-order valence-electron chi connectivity index (χ4n) is 3.48. The van der Waals surface area contributed by atoms with Gasteiger partial charge in [-0.15, -0.1) is 0 Å². The summed E-state index contributed by atoms with van der Waals surface area (Å²) in [5, 5.41) is 0. The van der Waals surface area contributed by atoms with Crippen molar-refractivity contribution >= 4 is 21.6 Å². The summed E-state index contributed by atoms with van der Waals surface area (Å²) in [6.45, 7) is 6.55. The summed E-state index contributed by atoms with van der Waals surface area (Å²) in [6.07, 6.45) is 4.61. The second-order valence-electron chi connectivity index (χ2n) is 7.42. The summed E-state index contributed by atoms with van der Waals surface area (Å²) >= 11 is 0. The van der Waals surface area contributed by atoms with Crippen molar-refractivity contribution in [1.29, 1.82) is 0 Å². The molecule has 0 amide bonds. The first-order valence-corrected chi connectivity index (χ1v) is 11.4. The molecule has 1 saturated heterocycles. The molecular weight excluding hydrogens is 392 g/mol. The van der Waals surface area contributed by atoms with Crippen LogP contribution in [0, 0.1) is 0 Å². The number of pyridine rings is 1. The average molecular weight is 417 g/mol. The summed E-state index contributed by atoms with van der Waals surface area (Å²) in [7, 11) is -3.16. The van der Waals surface area contributed by atoms with Crippen LogP contribution in [0.3, 0.4) is 0 Å². The van der Waals surface area contributed by atoms with Gasteiger partial charge in [0.25, 0.3) is 0 Å². The van der Waals surface area contributed by atoms with Crippen LogP contribution in [0.1, 0.15) is 30.7 Å². The maximum atomic E-state index is 11.7. The Morgan fingerprint density at radius 1 is 1.07 bits per heavy atom. The highest BCUT2D eigenvalue weighted by Gasteiger charge is 2.25. The van der Waals surface area contributed by atoms with Gasteiger partial charge in [0.2, 0.25) is 15.9 Å². The minimum atomic E-state index is -3.16. The van der Waals surface area contributed by atoms with Crippen LogP contribution in [0.4, 0.5) is 5.82 Å². The predicted molar refractivity (Wildman–Crippen MR) is 110 cm³/mol. The summed E-state index contributed by atoms with van der Waals surface area (Å²) in [4.78, 5) is 19.9. The van der Waals surface area contributed by atoms with Gasteiger partial charge in [-0.25, -0.2) is 23.4 Å². The number of piperazine rings is 1. The lowest BCUT2D eigenvalue weighted by molar-refractivity contribution is 0.232. The van der Waals surface area contributed by atoms with Crippen LogP contribution < -0.4 is 9.64 Å². The second kappa shape index (κ2) is 7.68. The molecule has 0 spiro atoms. The number of aliphatic imine (C=N–C) groups is 1. The minimum absolute atomic E-state index is 0.0404. The fourth-order valence-corrected chi connectivity index (χ4v) is 4.31. The predicted octanol–water partition coefficient (Wildman–Crippen LogP) is 1.09. The molecule has 29 heavy (non-hydrogen) atoms. The zero-order valence-electron chi connectivity index (χ0n) is 16.7. The third-order valence-electron chi connectivity index (χ3n) is 4.91. The summed E-state index contributed by atoms with van der Waals surface area (Å²) < 4.78 is 30.7. The zero-order chi connectivity index (χ0) is 20.6. The number of aromatic nitrogens is 3. The van der Waals surface area contributed by atoms with Gasteiger partial charge in [-0.05, 0) is 13.8 Å². The molecule has 0 N–H and O–H groups in total. The van der Waals surface area contributed by atoms with Gasteiger partial charge >= 0.3 is 0 Å². The first kappa shape index (κ1) is 19.7. The number of ether oxygens (including phenoxy) is 1. The number of hydrogen-bond acceptors (Lipinski definition) is 8. The van der Waals surface area contributed by atoms with Crippen molar-refractivity contribution in [1.82, 2.24) is 19.3 Å². The Bertz CT molecular complexity index is 1050. The molecule has 4 rings (SSSR count). The SMILES string of the molecule is CC(C)Oc1cc2c(cn1)CN=C2c1cc(N2CCN(S(C)(=O)=O)CC2)ncn1. The third-order valence-corrected chi connectivity index (χ3v) is 6.21. The highest BCUT2D eigenvalue weighted by Crippen LogP contribution is 2.26. The van der Waals surface area contributed by atoms with Gasteiger partial charge in [-0.3, -0.25) is 4.99 Å². The van der Waals surface area contributed by atoms with Crippen molar-refractivity contribution < 1.29 is 13.2 Å². The van der Waals surface area contributed by atoms with E-state index in [1.54, 1.807) is 6.20 Å². The van der Waals surface area contributed by atoms with E-state index in [9.17, 15) is 8.42 Å². The van der Waals surface area contributed by atoms with Crippen molar-refractivity contribution in [2.45, 2.75) is 26.5 Å². The molecule has 154 valence electrons. The zero-order valence-corrected chi connectivity index (χ0v) is 17.6. The standard InChI is InChI=1S/C19H24N6O3S/c1-13(2)28-18-8-15-14(10-20-18)11-21-19(15)16-9-17(23-12-22-16)24-4-6-25(7-5-24)29(3,26)27/h8-10,12-13H,4-7,11H2,1-3H3. The summed E-state index contributed by atoms with van der Waals surface area (Å²) in [5.74, 6) is 1.34. The molecule has 0 bridgehead atoms. The van der Waals surface area contributed by atoms with Crippen molar-refractivity contribution in [3.8, 4) is 5.88 Å². The number of anilines is 1. The van der Waals surface area contributed by atoms with E-state index in [0.29, 0.717) is 38.6 Å². The maximum absolute atomic E-state index is 11.7. The lowest BCUT2D eigenvalue weighted by atomic mass is 10.1. The average Bonchev–Trinajstić information content (AvgIpc) is 3.10. The van der Waals surface area contributed by atoms with Gasteiger partial charge in [-0.1, -0.05) is 0 Å². The first-order chi connectivity index (χ1) is 13.8. The molecule has 0 aliphatic carbocycles. The van der Waals surface area contributed by atoms with E-state index in [0.717, 1.165) is 28.4 Å². The number of fused-ring (bicyclic) bond motifs is 1. The smallest absolute Gasteiger partial charge is 0.214 e. The molecule has 2 aromatic rings. The highest BCUT2D eigenvalue weighted by molar-refractivity contribution is 7.88. The molecule has 0 atom stereocenters. The van der Waals surface area contributed by atoms with Crippen molar-refractivity contribution in [3.05, 3.63) is 41.5 Å². The molecule has 2 aromatic heterocycles. The van der Waals surface area contributed by atoms with E-state index in [1.165, 1.54) is 16.9 Å². The van der Waals surface area contributed by atoms with E-state index < -0.39 is 10.0 Å². The monoisotopic (exact) mass is 416 g/mol. The molecule has 0 saturated carbocycles. The van der Waals surface area contributed by atoms with E-state index in [2.05, 4.69) is 24.8 Å². The first-order valence-electron chi connectivity index (χ1n) is 9.54. The van der Waals surface area contributed by atoms with E-state index >= 15 is 0 Å². The topological polar surface area (TPSA) is 101 Å². The van der Waals surface area contributed by atoms with Crippen molar-refractivity contribution in [2.24, 2.45) is 4.99 Å².